The van der Waals surface area contributed by atoms with Crippen LogP contribution in [0.1, 0.15) is 20.7 Å². The molecule has 0 aromatic heterocycles. The molecule has 0 spiro atoms. The molecule has 1 fully saturated rings. The van der Waals surface area contributed by atoms with Crippen molar-refractivity contribution in [3.63, 3.8) is 0 Å². The van der Waals surface area contributed by atoms with Gasteiger partial charge in [0.05, 0.1) is 31.5 Å². The van der Waals surface area contributed by atoms with Gasteiger partial charge in [0.15, 0.2) is 0 Å². The number of thioether (sulfide) groups is 1. The van der Waals surface area contributed by atoms with Gasteiger partial charge >= 0.3 is 0 Å². The summed E-state index contributed by atoms with van der Waals surface area (Å²) in [7, 11) is 2.94. The predicted molar refractivity (Wildman–Crippen MR) is 136 cm³/mol. The Morgan fingerprint density at radius 1 is 0.829 bits per heavy atom. The average molecular weight is 492 g/mol. The van der Waals surface area contributed by atoms with Gasteiger partial charge in [0, 0.05) is 29.0 Å². The summed E-state index contributed by atoms with van der Waals surface area (Å²) in [6.07, 6.45) is 0. The van der Waals surface area contributed by atoms with Crippen molar-refractivity contribution in [2.75, 3.05) is 36.5 Å². The van der Waals surface area contributed by atoms with E-state index in [4.69, 9.17) is 9.47 Å². The zero-order valence-electron chi connectivity index (χ0n) is 19.3. The van der Waals surface area contributed by atoms with Gasteiger partial charge in [-0.05, 0) is 24.3 Å². The van der Waals surface area contributed by atoms with Gasteiger partial charge in [0.1, 0.15) is 17.5 Å². The Kier molecular flexibility index (Phi) is 7.57. The zero-order valence-corrected chi connectivity index (χ0v) is 20.1. The number of methoxy groups -OCH3 is 2. The van der Waals surface area contributed by atoms with E-state index in [1.165, 1.54) is 26.0 Å². The fraction of sp³-hybridized carbons (Fsp3) is 0.192. The molecular formula is C26H25N3O5S. The molecule has 0 radical (unpaired) electrons. The van der Waals surface area contributed by atoms with Crippen molar-refractivity contribution in [2.45, 2.75) is 6.04 Å². The molecular weight excluding hydrogens is 466 g/mol. The second-order valence-electron chi connectivity index (χ2n) is 7.72. The Hall–Kier alpha value is -3.98. The number of rotatable bonds is 7. The zero-order chi connectivity index (χ0) is 24.8. The molecule has 3 aromatic carbocycles. The third-order valence-corrected chi connectivity index (χ3v) is 6.54. The van der Waals surface area contributed by atoms with E-state index in [0.29, 0.717) is 45.6 Å². The number of hydrogen-bond donors (Lipinski definition) is 2. The summed E-state index contributed by atoms with van der Waals surface area (Å²) in [5.41, 5.74) is 1.79. The second kappa shape index (κ2) is 11.0. The van der Waals surface area contributed by atoms with Crippen molar-refractivity contribution >= 4 is 40.9 Å². The van der Waals surface area contributed by atoms with Crippen molar-refractivity contribution in [1.29, 1.82) is 0 Å². The Morgan fingerprint density at radius 3 is 1.94 bits per heavy atom. The van der Waals surface area contributed by atoms with Gasteiger partial charge in [0.25, 0.3) is 11.8 Å². The quantitative estimate of drug-likeness (QED) is 0.516. The van der Waals surface area contributed by atoms with Gasteiger partial charge < -0.3 is 25.0 Å². The Bertz CT molecular complexity index is 1220. The van der Waals surface area contributed by atoms with Crippen LogP contribution in [0.15, 0.2) is 72.8 Å². The highest BCUT2D eigenvalue weighted by Gasteiger charge is 2.35. The topological polar surface area (TPSA) is 97.0 Å². The molecule has 4 rings (SSSR count). The van der Waals surface area contributed by atoms with E-state index in [-0.39, 0.29) is 17.7 Å². The van der Waals surface area contributed by atoms with Crippen molar-refractivity contribution in [2.24, 2.45) is 0 Å². The fourth-order valence-corrected chi connectivity index (χ4v) is 4.85. The number of ether oxygens (including phenoxy) is 2. The monoisotopic (exact) mass is 491 g/mol. The molecule has 1 heterocycles. The average Bonchev–Trinajstić information content (AvgIpc) is 3.40. The first-order chi connectivity index (χ1) is 17.0. The maximum atomic E-state index is 13.2. The predicted octanol–water partition coefficient (Wildman–Crippen LogP) is 4.11. The van der Waals surface area contributed by atoms with E-state index in [1.807, 2.05) is 12.1 Å². The molecule has 0 bridgehead atoms. The number of carbonyl (C=O) groups excluding carboxylic acids is 3. The lowest BCUT2D eigenvalue weighted by molar-refractivity contribution is -0.119. The van der Waals surface area contributed by atoms with Gasteiger partial charge in [0.2, 0.25) is 5.91 Å². The Labute approximate surface area is 207 Å². The minimum Gasteiger partial charge on any atom is -0.494 e. The smallest absolute Gasteiger partial charge is 0.255 e. The molecule has 180 valence electrons. The van der Waals surface area contributed by atoms with Crippen LogP contribution in [-0.2, 0) is 4.79 Å². The molecule has 1 aliphatic heterocycles. The first-order valence-corrected chi connectivity index (χ1v) is 12.0. The summed E-state index contributed by atoms with van der Waals surface area (Å²) in [4.78, 5) is 40.3. The van der Waals surface area contributed by atoms with E-state index in [9.17, 15) is 14.4 Å². The van der Waals surface area contributed by atoms with Crippen LogP contribution in [0.3, 0.4) is 0 Å². The van der Waals surface area contributed by atoms with Gasteiger partial charge in [-0.15, -0.1) is 11.8 Å². The van der Waals surface area contributed by atoms with Crippen molar-refractivity contribution < 1.29 is 23.9 Å². The first-order valence-electron chi connectivity index (χ1n) is 10.9. The number of benzene rings is 3. The van der Waals surface area contributed by atoms with Crippen LogP contribution >= 0.6 is 11.8 Å². The van der Waals surface area contributed by atoms with Crippen LogP contribution in [0.25, 0.3) is 0 Å². The highest BCUT2D eigenvalue weighted by Crippen LogP contribution is 2.37. The van der Waals surface area contributed by atoms with E-state index in [0.717, 1.165) is 0 Å². The van der Waals surface area contributed by atoms with Gasteiger partial charge in [-0.25, -0.2) is 0 Å². The molecule has 3 aromatic rings. The standard InChI is InChI=1S/C26H25N3O5S/c1-33-22-14-20(23(34-2)13-19(22)27-24(30)17-9-5-3-6-10-17)28-25(31)21-15-35-16-29(21)26(32)18-11-7-4-8-12-18/h3-14,21H,15-16H2,1-2H3,(H,27,30)(H,28,31)/t21-/m0/s1. The van der Waals surface area contributed by atoms with Crippen LogP contribution < -0.4 is 20.1 Å². The second-order valence-corrected chi connectivity index (χ2v) is 8.72. The van der Waals surface area contributed by atoms with Crippen molar-refractivity contribution in [1.82, 2.24) is 4.90 Å². The number of hydrogen-bond acceptors (Lipinski definition) is 6. The lowest BCUT2D eigenvalue weighted by atomic mass is 10.1. The number of nitrogens with one attached hydrogen (secondary N) is 2. The first kappa shape index (κ1) is 24.2. The van der Waals surface area contributed by atoms with E-state index < -0.39 is 6.04 Å². The highest BCUT2D eigenvalue weighted by atomic mass is 32.2. The number of nitrogens with zero attached hydrogens (tertiary/aromatic N) is 1. The normalized spacial score (nSPS) is 14.8. The van der Waals surface area contributed by atoms with Gasteiger partial charge in [-0.3, -0.25) is 14.4 Å². The van der Waals surface area contributed by atoms with Crippen LogP contribution in [0.2, 0.25) is 0 Å². The lowest BCUT2D eigenvalue weighted by Crippen LogP contribution is -2.44. The number of anilines is 2. The van der Waals surface area contributed by atoms with Crippen LogP contribution in [0, 0.1) is 0 Å². The molecule has 0 aliphatic carbocycles. The summed E-state index contributed by atoms with van der Waals surface area (Å²) < 4.78 is 10.9. The van der Waals surface area contributed by atoms with E-state index in [1.54, 1.807) is 65.6 Å². The molecule has 0 saturated carbocycles. The van der Waals surface area contributed by atoms with Gasteiger partial charge in [-0.1, -0.05) is 36.4 Å². The van der Waals surface area contributed by atoms with Crippen LogP contribution in [0.5, 0.6) is 11.5 Å². The Balaban J connectivity index is 1.54. The minimum absolute atomic E-state index is 0.195. The minimum atomic E-state index is -0.638. The molecule has 35 heavy (non-hydrogen) atoms. The van der Waals surface area contributed by atoms with Crippen LogP contribution in [-0.4, -0.2) is 54.5 Å². The third-order valence-electron chi connectivity index (χ3n) is 5.53. The number of amides is 3. The summed E-state index contributed by atoms with van der Waals surface area (Å²) in [6, 6.07) is 20.2. The Morgan fingerprint density at radius 2 is 1.37 bits per heavy atom. The molecule has 9 heteroatoms. The number of carbonyl (C=O) groups is 3. The molecule has 3 amide bonds. The summed E-state index contributed by atoms with van der Waals surface area (Å²) in [5, 5.41) is 5.68. The van der Waals surface area contributed by atoms with Crippen molar-refractivity contribution in [3.8, 4) is 11.5 Å². The van der Waals surface area contributed by atoms with Crippen LogP contribution in [0.4, 0.5) is 11.4 Å². The molecule has 1 aliphatic rings. The van der Waals surface area contributed by atoms with Crippen molar-refractivity contribution in [3.05, 3.63) is 83.9 Å². The van der Waals surface area contributed by atoms with E-state index in [2.05, 4.69) is 10.6 Å². The summed E-state index contributed by atoms with van der Waals surface area (Å²) in [5.74, 6) is 0.768. The summed E-state index contributed by atoms with van der Waals surface area (Å²) in [6.45, 7) is 0. The fourth-order valence-electron chi connectivity index (χ4n) is 3.70. The molecule has 1 saturated heterocycles. The largest absolute Gasteiger partial charge is 0.494 e. The third kappa shape index (κ3) is 5.41. The molecule has 2 N–H and O–H groups in total. The molecule has 8 nitrogen and oxygen atoms in total. The lowest BCUT2D eigenvalue weighted by Gasteiger charge is -2.24. The molecule has 1 atom stereocenters. The summed E-state index contributed by atoms with van der Waals surface area (Å²) >= 11 is 1.52. The molecule has 0 unspecified atom stereocenters. The van der Waals surface area contributed by atoms with E-state index >= 15 is 0 Å². The maximum absolute atomic E-state index is 13.2. The maximum Gasteiger partial charge on any atom is 0.255 e. The van der Waals surface area contributed by atoms with Gasteiger partial charge in [-0.2, -0.15) is 0 Å². The highest BCUT2D eigenvalue weighted by molar-refractivity contribution is 7.99. The SMILES string of the molecule is COc1cc(NC(=O)[C@@H]2CSCN2C(=O)c2ccccc2)c(OC)cc1NC(=O)c1ccccc1.